The summed E-state index contributed by atoms with van der Waals surface area (Å²) in [4.78, 5) is 31.5. The van der Waals surface area contributed by atoms with Crippen LogP contribution in [0.4, 0.5) is 14.5 Å². The molecule has 0 spiro atoms. The third kappa shape index (κ3) is 5.23. The Balaban J connectivity index is 1.55. The van der Waals surface area contributed by atoms with Crippen LogP contribution in [0.2, 0.25) is 0 Å². The second-order valence-electron chi connectivity index (χ2n) is 7.70. The quantitative estimate of drug-likeness (QED) is 0.462. The molecular formula is C25H22F2N4O2. The number of hydrogen-bond donors (Lipinski definition) is 1. The zero-order chi connectivity index (χ0) is 23.4. The normalized spacial score (nSPS) is 10.9. The number of halogens is 2. The molecule has 168 valence electrons. The molecule has 0 saturated heterocycles. The number of rotatable bonds is 7. The zero-order valence-electron chi connectivity index (χ0n) is 18.0. The maximum Gasteiger partial charge on any atom is 0.244 e. The van der Waals surface area contributed by atoms with Gasteiger partial charge in [-0.05, 0) is 36.8 Å². The second kappa shape index (κ2) is 9.60. The number of anilines is 1. The minimum absolute atomic E-state index is 0.0108. The number of pyridine rings is 1. The van der Waals surface area contributed by atoms with Crippen molar-refractivity contribution in [3.8, 4) is 0 Å². The first-order valence-corrected chi connectivity index (χ1v) is 10.4. The predicted molar refractivity (Wildman–Crippen MR) is 120 cm³/mol. The molecule has 2 heterocycles. The van der Waals surface area contributed by atoms with E-state index in [1.807, 2.05) is 29.7 Å². The third-order valence-corrected chi connectivity index (χ3v) is 5.21. The van der Waals surface area contributed by atoms with Crippen LogP contribution in [-0.4, -0.2) is 32.6 Å². The van der Waals surface area contributed by atoms with Crippen molar-refractivity contribution in [3.63, 3.8) is 0 Å². The molecule has 1 N–H and O–H groups in total. The minimum Gasteiger partial charge on any atom is -0.329 e. The van der Waals surface area contributed by atoms with E-state index in [9.17, 15) is 18.4 Å². The van der Waals surface area contributed by atoms with Gasteiger partial charge >= 0.3 is 0 Å². The average Bonchev–Trinajstić information content (AvgIpc) is 3.20. The summed E-state index contributed by atoms with van der Waals surface area (Å²) in [5, 5.41) is 2.47. The summed E-state index contributed by atoms with van der Waals surface area (Å²) in [7, 11) is 0. The van der Waals surface area contributed by atoms with Crippen molar-refractivity contribution in [2.24, 2.45) is 0 Å². The number of imidazole rings is 1. The minimum atomic E-state index is -0.587. The van der Waals surface area contributed by atoms with Crippen LogP contribution >= 0.6 is 0 Å². The number of amides is 2. The lowest BCUT2D eigenvalue weighted by Crippen LogP contribution is -2.38. The molecule has 0 atom stereocenters. The number of aryl methyl sites for hydroxylation is 1. The van der Waals surface area contributed by atoms with E-state index in [2.05, 4.69) is 10.3 Å². The van der Waals surface area contributed by atoms with Crippen LogP contribution in [0.25, 0.3) is 5.65 Å². The highest BCUT2D eigenvalue weighted by molar-refractivity contribution is 5.94. The highest BCUT2D eigenvalue weighted by Crippen LogP contribution is 2.16. The molecule has 4 rings (SSSR count). The first-order valence-electron chi connectivity index (χ1n) is 10.4. The Kier molecular flexibility index (Phi) is 6.44. The topological polar surface area (TPSA) is 66.7 Å². The lowest BCUT2D eigenvalue weighted by molar-refractivity contribution is -0.134. The van der Waals surface area contributed by atoms with Crippen LogP contribution in [0, 0.1) is 18.6 Å². The fraction of sp³-hybridized carbons (Fsp3) is 0.160. The first-order chi connectivity index (χ1) is 15.9. The van der Waals surface area contributed by atoms with Gasteiger partial charge in [0.15, 0.2) is 0 Å². The summed E-state index contributed by atoms with van der Waals surface area (Å²) < 4.78 is 30.0. The molecule has 33 heavy (non-hydrogen) atoms. The van der Waals surface area contributed by atoms with Crippen molar-refractivity contribution in [2.75, 3.05) is 11.9 Å². The van der Waals surface area contributed by atoms with Crippen LogP contribution < -0.4 is 5.32 Å². The number of benzene rings is 2. The number of para-hydroxylation sites is 1. The molecule has 0 aliphatic carbocycles. The van der Waals surface area contributed by atoms with Gasteiger partial charge in [0.25, 0.3) is 0 Å². The van der Waals surface area contributed by atoms with Gasteiger partial charge < -0.3 is 14.6 Å². The zero-order valence-corrected chi connectivity index (χ0v) is 18.0. The summed E-state index contributed by atoms with van der Waals surface area (Å²) in [5.74, 6) is -2.05. The molecule has 0 unspecified atom stereocenters. The first kappa shape index (κ1) is 22.1. The average molecular weight is 448 g/mol. The number of hydrogen-bond acceptors (Lipinski definition) is 3. The van der Waals surface area contributed by atoms with E-state index in [1.165, 1.54) is 29.2 Å². The lowest BCUT2D eigenvalue weighted by Gasteiger charge is -2.22. The van der Waals surface area contributed by atoms with Crippen LogP contribution in [0.15, 0.2) is 73.1 Å². The second-order valence-corrected chi connectivity index (χ2v) is 7.70. The number of carbonyl (C=O) groups is 2. The van der Waals surface area contributed by atoms with Crippen molar-refractivity contribution in [1.29, 1.82) is 0 Å². The van der Waals surface area contributed by atoms with Crippen LogP contribution in [-0.2, 0) is 22.6 Å². The molecule has 0 aliphatic heterocycles. The maximum atomic E-state index is 14.3. The molecule has 0 aliphatic rings. The largest absolute Gasteiger partial charge is 0.329 e. The van der Waals surface area contributed by atoms with Crippen molar-refractivity contribution in [1.82, 2.24) is 14.3 Å². The SMILES string of the molecule is Cc1cccn2cc(CC(=O)N(CC(=O)Nc3ccccc3F)Cc3ccccc3F)nc12. The Bertz CT molecular complexity index is 1320. The smallest absolute Gasteiger partial charge is 0.244 e. The van der Waals surface area contributed by atoms with Gasteiger partial charge in [0, 0.05) is 24.5 Å². The van der Waals surface area contributed by atoms with Gasteiger partial charge in [0.1, 0.15) is 23.8 Å². The highest BCUT2D eigenvalue weighted by Gasteiger charge is 2.21. The van der Waals surface area contributed by atoms with E-state index in [0.29, 0.717) is 5.69 Å². The van der Waals surface area contributed by atoms with Gasteiger partial charge in [-0.25, -0.2) is 13.8 Å². The van der Waals surface area contributed by atoms with Crippen LogP contribution in [0.5, 0.6) is 0 Å². The molecule has 0 fully saturated rings. The number of nitrogens with zero attached hydrogens (tertiary/aromatic N) is 3. The third-order valence-electron chi connectivity index (χ3n) is 5.21. The van der Waals surface area contributed by atoms with E-state index < -0.39 is 23.4 Å². The summed E-state index contributed by atoms with van der Waals surface area (Å²) in [6.45, 7) is 1.45. The van der Waals surface area contributed by atoms with Crippen molar-refractivity contribution < 1.29 is 18.4 Å². The van der Waals surface area contributed by atoms with Gasteiger partial charge in [0.2, 0.25) is 11.8 Å². The van der Waals surface area contributed by atoms with E-state index in [-0.39, 0.29) is 30.8 Å². The number of nitrogens with one attached hydrogen (secondary N) is 1. The van der Waals surface area contributed by atoms with Gasteiger partial charge in [-0.2, -0.15) is 0 Å². The maximum absolute atomic E-state index is 14.3. The molecule has 0 bridgehead atoms. The summed E-state index contributed by atoms with van der Waals surface area (Å²) >= 11 is 0. The molecule has 2 aromatic carbocycles. The predicted octanol–water partition coefficient (Wildman–Crippen LogP) is 4.13. The fourth-order valence-electron chi connectivity index (χ4n) is 3.55. The Morgan fingerprint density at radius 3 is 2.45 bits per heavy atom. The Labute approximate surface area is 189 Å². The summed E-state index contributed by atoms with van der Waals surface area (Å²) in [6, 6.07) is 15.6. The molecule has 8 heteroatoms. The van der Waals surface area contributed by atoms with Crippen LogP contribution in [0.3, 0.4) is 0 Å². The molecule has 0 radical (unpaired) electrons. The monoisotopic (exact) mass is 448 g/mol. The van der Waals surface area contributed by atoms with E-state index in [0.717, 1.165) is 11.2 Å². The van der Waals surface area contributed by atoms with Crippen LogP contribution in [0.1, 0.15) is 16.8 Å². The van der Waals surface area contributed by atoms with Gasteiger partial charge in [0.05, 0.1) is 17.8 Å². The van der Waals surface area contributed by atoms with E-state index in [1.54, 1.807) is 30.5 Å². The van der Waals surface area contributed by atoms with Crippen molar-refractivity contribution >= 4 is 23.1 Å². The molecule has 4 aromatic rings. The fourth-order valence-corrected chi connectivity index (χ4v) is 3.55. The molecular weight excluding hydrogens is 426 g/mol. The Morgan fingerprint density at radius 2 is 1.73 bits per heavy atom. The van der Waals surface area contributed by atoms with Gasteiger partial charge in [-0.3, -0.25) is 9.59 Å². The number of fused-ring (bicyclic) bond motifs is 1. The molecule has 2 aromatic heterocycles. The number of carbonyl (C=O) groups excluding carboxylic acids is 2. The Hall–Kier alpha value is -4.07. The van der Waals surface area contributed by atoms with Gasteiger partial charge in [-0.15, -0.1) is 0 Å². The molecule has 2 amide bonds. The summed E-state index contributed by atoms with van der Waals surface area (Å²) in [5.41, 5.74) is 2.51. The van der Waals surface area contributed by atoms with E-state index in [4.69, 9.17) is 0 Å². The Morgan fingerprint density at radius 1 is 1.00 bits per heavy atom. The molecule has 6 nitrogen and oxygen atoms in total. The van der Waals surface area contributed by atoms with E-state index >= 15 is 0 Å². The van der Waals surface area contributed by atoms with Crippen molar-refractivity contribution in [3.05, 3.63) is 102 Å². The van der Waals surface area contributed by atoms with Crippen molar-refractivity contribution in [2.45, 2.75) is 19.9 Å². The molecule has 0 saturated carbocycles. The van der Waals surface area contributed by atoms with Gasteiger partial charge in [-0.1, -0.05) is 36.4 Å². The summed E-state index contributed by atoms with van der Waals surface area (Å²) in [6.07, 6.45) is 3.52. The standard InChI is InChI=1S/C25H22F2N4O2/c1-17-7-6-12-30-15-19(28-25(17)30)13-24(33)31(14-18-8-2-3-9-20(18)26)16-23(32)29-22-11-5-4-10-21(22)27/h2-12,15H,13-14,16H2,1H3,(H,29,32). The lowest BCUT2D eigenvalue weighted by atomic mass is 10.2. The highest BCUT2D eigenvalue weighted by atomic mass is 19.1. The number of aromatic nitrogens is 2.